The molecule has 0 saturated carbocycles. The molecule has 4 heterocycles. The summed E-state index contributed by atoms with van der Waals surface area (Å²) in [4.78, 5) is 24.7. The van der Waals surface area contributed by atoms with E-state index in [0.29, 0.717) is 0 Å². The molecular formula is C18Cl12N6. The van der Waals surface area contributed by atoms with Crippen molar-refractivity contribution in [3.8, 4) is 34.2 Å². The molecule has 4 rings (SSSR count). The molecule has 4 aromatic rings. The minimum Gasteiger partial charge on any atom is -0.221 e. The van der Waals surface area contributed by atoms with Crippen molar-refractivity contribution in [3.63, 3.8) is 0 Å². The fourth-order valence-electron chi connectivity index (χ4n) is 2.76. The first-order valence-electron chi connectivity index (χ1n) is 8.70. The van der Waals surface area contributed by atoms with Gasteiger partial charge >= 0.3 is 0 Å². The van der Waals surface area contributed by atoms with Gasteiger partial charge in [0.1, 0.15) is 30.9 Å². The van der Waals surface area contributed by atoms with Gasteiger partial charge in [0.15, 0.2) is 17.5 Å². The second-order valence-corrected chi connectivity index (χ2v) is 10.8. The summed E-state index contributed by atoms with van der Waals surface area (Å²) in [5, 5.41) is -1.82. The summed E-state index contributed by atoms with van der Waals surface area (Å²) in [5.41, 5.74) is -0.0272. The van der Waals surface area contributed by atoms with Crippen LogP contribution in [0.25, 0.3) is 34.2 Å². The van der Waals surface area contributed by atoms with E-state index in [9.17, 15) is 0 Å². The van der Waals surface area contributed by atoms with Crippen molar-refractivity contribution in [2.24, 2.45) is 0 Å². The van der Waals surface area contributed by atoms with Gasteiger partial charge < -0.3 is 0 Å². The molecule has 0 unspecified atom stereocenters. The van der Waals surface area contributed by atoms with E-state index in [1.165, 1.54) is 0 Å². The molecule has 0 N–H and O–H groups in total. The van der Waals surface area contributed by atoms with Crippen molar-refractivity contribution in [1.82, 2.24) is 29.9 Å². The SMILES string of the molecule is Clc1nc(Cl)c(Cl)c(-c2nc(-c3c(Cl)c(Cl)nc(Cl)c3Cl)nc(-c3c(Cl)c(Cl)nc(Cl)c3Cl)n2)c1Cl. The Kier molecular flexibility index (Phi) is 9.00. The molecule has 0 aromatic carbocycles. The summed E-state index contributed by atoms with van der Waals surface area (Å²) in [5.74, 6) is -0.490. The predicted molar refractivity (Wildman–Crippen MR) is 150 cm³/mol. The maximum Gasteiger partial charge on any atom is 0.167 e. The maximum absolute atomic E-state index is 6.38. The Bertz CT molecular complexity index is 1300. The molecular weight excluding hydrogens is 726 g/mol. The van der Waals surface area contributed by atoms with Crippen LogP contribution >= 0.6 is 139 Å². The van der Waals surface area contributed by atoms with Gasteiger partial charge in [0.25, 0.3) is 0 Å². The highest BCUT2D eigenvalue weighted by Gasteiger charge is 2.27. The summed E-state index contributed by atoms with van der Waals surface area (Å²) in [6, 6.07) is 0. The fraction of sp³-hybridized carbons (Fsp3) is 0. The van der Waals surface area contributed by atoms with Gasteiger partial charge in [0.05, 0.1) is 46.8 Å². The van der Waals surface area contributed by atoms with E-state index in [1.807, 2.05) is 0 Å². The minimum atomic E-state index is -0.179. The Morgan fingerprint density at radius 2 is 0.417 bits per heavy atom. The van der Waals surface area contributed by atoms with Crippen molar-refractivity contribution >= 4 is 139 Å². The highest BCUT2D eigenvalue weighted by atomic mass is 35.5. The van der Waals surface area contributed by atoms with Crippen LogP contribution in [0.1, 0.15) is 0 Å². The lowest BCUT2D eigenvalue weighted by molar-refractivity contribution is 1.07. The lowest BCUT2D eigenvalue weighted by atomic mass is 10.2. The number of hydrogen-bond acceptors (Lipinski definition) is 6. The van der Waals surface area contributed by atoms with Gasteiger partial charge in [-0.2, -0.15) is 0 Å². The zero-order valence-corrected chi connectivity index (χ0v) is 25.3. The van der Waals surface area contributed by atoms with Crippen LogP contribution in [-0.2, 0) is 0 Å². The second kappa shape index (κ2) is 11.2. The van der Waals surface area contributed by atoms with E-state index in [4.69, 9.17) is 139 Å². The summed E-state index contributed by atoms with van der Waals surface area (Å²) in [6.45, 7) is 0. The second-order valence-electron chi connectivity index (χ2n) is 6.40. The third-order valence-electron chi connectivity index (χ3n) is 4.30. The molecule has 0 radical (unpaired) electrons. The molecule has 0 aliphatic heterocycles. The average Bonchev–Trinajstić information content (AvgIpc) is 2.81. The van der Waals surface area contributed by atoms with E-state index < -0.39 is 0 Å². The van der Waals surface area contributed by atoms with Gasteiger partial charge in [0.2, 0.25) is 0 Å². The van der Waals surface area contributed by atoms with Crippen LogP contribution in [-0.4, -0.2) is 29.9 Å². The number of halogens is 12. The first-order valence-corrected chi connectivity index (χ1v) is 13.2. The molecule has 0 spiro atoms. The van der Waals surface area contributed by atoms with Crippen molar-refractivity contribution < 1.29 is 0 Å². The molecule has 0 bridgehead atoms. The summed E-state index contributed by atoms with van der Waals surface area (Å²) in [6.07, 6.45) is 0. The smallest absolute Gasteiger partial charge is 0.167 e. The maximum atomic E-state index is 6.38. The van der Waals surface area contributed by atoms with Gasteiger partial charge in [-0.1, -0.05) is 139 Å². The van der Waals surface area contributed by atoms with E-state index in [0.717, 1.165) is 0 Å². The first kappa shape index (κ1) is 28.9. The Balaban J connectivity index is 2.19. The molecule has 36 heavy (non-hydrogen) atoms. The summed E-state index contributed by atoms with van der Waals surface area (Å²) in [7, 11) is 0. The summed E-state index contributed by atoms with van der Waals surface area (Å²) < 4.78 is 0. The van der Waals surface area contributed by atoms with E-state index in [-0.39, 0.29) is 95.2 Å². The van der Waals surface area contributed by atoms with Crippen molar-refractivity contribution in [1.29, 1.82) is 0 Å². The van der Waals surface area contributed by atoms with Gasteiger partial charge in [0, 0.05) is 0 Å². The molecule has 0 aliphatic carbocycles. The van der Waals surface area contributed by atoms with Gasteiger partial charge in [-0.25, -0.2) is 29.9 Å². The van der Waals surface area contributed by atoms with E-state index >= 15 is 0 Å². The summed E-state index contributed by atoms with van der Waals surface area (Å²) >= 11 is 74.9. The topological polar surface area (TPSA) is 77.3 Å². The van der Waals surface area contributed by atoms with Crippen LogP contribution in [0.15, 0.2) is 0 Å². The van der Waals surface area contributed by atoms with E-state index in [1.54, 1.807) is 0 Å². The lowest BCUT2D eigenvalue weighted by Crippen LogP contribution is -2.04. The standard InChI is InChI=1S/C18Cl12N6/c19-4-1(5(20)11(26)31-10(4)25)16-34-17(2-6(21)12(27)32-13(28)7(2)22)36-18(35-16)3-8(23)14(29)33-15(30)9(3)24. The molecule has 0 aliphatic rings. The molecule has 18 heteroatoms. The van der Waals surface area contributed by atoms with Crippen LogP contribution in [0, 0.1) is 0 Å². The third-order valence-corrected chi connectivity index (χ3v) is 8.73. The molecule has 0 atom stereocenters. The van der Waals surface area contributed by atoms with Crippen LogP contribution in [0.4, 0.5) is 0 Å². The Labute approximate surface area is 262 Å². The Morgan fingerprint density at radius 3 is 0.583 bits per heavy atom. The molecule has 4 aromatic heterocycles. The highest BCUT2D eigenvalue weighted by molar-refractivity contribution is 6.50. The van der Waals surface area contributed by atoms with Gasteiger partial charge in [-0.15, -0.1) is 0 Å². The van der Waals surface area contributed by atoms with Crippen molar-refractivity contribution in [2.75, 3.05) is 0 Å². The Hall–Kier alpha value is -0.0600. The zero-order valence-electron chi connectivity index (χ0n) is 16.2. The number of hydrogen-bond donors (Lipinski definition) is 0. The van der Waals surface area contributed by atoms with Gasteiger partial charge in [-0.05, 0) is 0 Å². The number of rotatable bonds is 3. The first-order chi connectivity index (χ1) is 16.8. The van der Waals surface area contributed by atoms with Crippen molar-refractivity contribution in [2.45, 2.75) is 0 Å². The normalized spacial score (nSPS) is 11.3. The quantitative estimate of drug-likeness (QED) is 0.196. The fourth-order valence-corrected chi connectivity index (χ4v) is 5.44. The Morgan fingerprint density at radius 1 is 0.250 bits per heavy atom. The predicted octanol–water partition coefficient (Wildman–Crippen LogP) is 10.9. The third kappa shape index (κ3) is 5.23. The molecule has 6 nitrogen and oxygen atoms in total. The number of pyridine rings is 3. The zero-order chi connectivity index (χ0) is 26.6. The molecule has 0 saturated heterocycles. The van der Waals surface area contributed by atoms with Crippen LogP contribution < -0.4 is 0 Å². The average molecular weight is 726 g/mol. The minimum absolute atomic E-state index is 0.00905. The molecule has 186 valence electrons. The lowest BCUT2D eigenvalue weighted by Gasteiger charge is -2.15. The van der Waals surface area contributed by atoms with Crippen molar-refractivity contribution in [3.05, 3.63) is 61.1 Å². The number of aromatic nitrogens is 6. The van der Waals surface area contributed by atoms with Crippen LogP contribution in [0.2, 0.25) is 61.1 Å². The molecule has 0 fully saturated rings. The van der Waals surface area contributed by atoms with Crippen LogP contribution in [0.3, 0.4) is 0 Å². The van der Waals surface area contributed by atoms with Crippen LogP contribution in [0.5, 0.6) is 0 Å². The monoisotopic (exact) mass is 720 g/mol. The van der Waals surface area contributed by atoms with Gasteiger partial charge in [-0.3, -0.25) is 0 Å². The molecule has 0 amide bonds. The highest BCUT2D eigenvalue weighted by Crippen LogP contribution is 2.46. The number of nitrogens with zero attached hydrogens (tertiary/aromatic N) is 6. The largest absolute Gasteiger partial charge is 0.221 e. The van der Waals surface area contributed by atoms with E-state index in [2.05, 4.69) is 29.9 Å².